The van der Waals surface area contributed by atoms with Crippen LogP contribution in [0.15, 0.2) is 36.4 Å². The van der Waals surface area contributed by atoms with Crippen molar-refractivity contribution in [3.05, 3.63) is 59.2 Å². The van der Waals surface area contributed by atoms with Crippen LogP contribution in [0.25, 0.3) is 11.1 Å². The predicted octanol–water partition coefficient (Wildman–Crippen LogP) is 3.64. The monoisotopic (exact) mass is 248 g/mol. The summed E-state index contributed by atoms with van der Waals surface area (Å²) in [4.78, 5) is 11.0. The lowest BCUT2D eigenvalue weighted by atomic mass is 9.96. The van der Waals surface area contributed by atoms with Crippen molar-refractivity contribution in [2.45, 2.75) is 6.92 Å². The highest BCUT2D eigenvalue weighted by molar-refractivity contribution is 5.92. The fourth-order valence-corrected chi connectivity index (χ4v) is 1.86. The summed E-state index contributed by atoms with van der Waals surface area (Å²) in [7, 11) is 0. The van der Waals surface area contributed by atoms with Gasteiger partial charge in [0.25, 0.3) is 0 Å². The Morgan fingerprint density at radius 2 is 1.83 bits per heavy atom. The molecule has 0 unspecified atom stereocenters. The van der Waals surface area contributed by atoms with Crippen LogP contribution in [0.5, 0.6) is 0 Å². The van der Waals surface area contributed by atoms with Crippen molar-refractivity contribution < 1.29 is 18.7 Å². The van der Waals surface area contributed by atoms with Crippen molar-refractivity contribution in [3.8, 4) is 11.1 Å². The lowest BCUT2D eigenvalue weighted by Crippen LogP contribution is -2.01. The van der Waals surface area contributed by atoms with Gasteiger partial charge in [0.1, 0.15) is 11.6 Å². The van der Waals surface area contributed by atoms with E-state index in [0.717, 1.165) is 18.2 Å². The smallest absolute Gasteiger partial charge is 0.335 e. The summed E-state index contributed by atoms with van der Waals surface area (Å²) in [5.74, 6) is -2.24. The Labute approximate surface area is 103 Å². The van der Waals surface area contributed by atoms with Crippen LogP contribution < -0.4 is 0 Å². The third-order valence-electron chi connectivity index (χ3n) is 2.78. The zero-order chi connectivity index (χ0) is 13.3. The van der Waals surface area contributed by atoms with Crippen LogP contribution in [-0.2, 0) is 0 Å². The van der Waals surface area contributed by atoms with Crippen molar-refractivity contribution in [1.82, 2.24) is 0 Å². The maximum atomic E-state index is 13.7. The van der Waals surface area contributed by atoms with Crippen LogP contribution in [0, 0.1) is 18.6 Å². The summed E-state index contributed by atoms with van der Waals surface area (Å²) in [6.45, 7) is 1.57. The second-order valence-electron chi connectivity index (χ2n) is 3.91. The van der Waals surface area contributed by atoms with E-state index in [2.05, 4.69) is 0 Å². The van der Waals surface area contributed by atoms with E-state index in [4.69, 9.17) is 5.11 Å². The van der Waals surface area contributed by atoms with Gasteiger partial charge < -0.3 is 5.11 Å². The minimum atomic E-state index is -1.09. The van der Waals surface area contributed by atoms with E-state index in [1.165, 1.54) is 12.1 Å². The standard InChI is InChI=1S/C14H10F2O2/c1-8-10(3-2-4-11(8)14(17)18)12-7-9(15)5-6-13(12)16/h2-7H,1H3,(H,17,18). The molecule has 0 saturated carbocycles. The highest BCUT2D eigenvalue weighted by atomic mass is 19.1. The van der Waals surface area contributed by atoms with Gasteiger partial charge in [-0.15, -0.1) is 0 Å². The molecule has 92 valence electrons. The molecule has 0 radical (unpaired) electrons. The molecule has 0 aromatic heterocycles. The molecular formula is C14H10F2O2. The molecule has 1 N–H and O–H groups in total. The van der Waals surface area contributed by atoms with Crippen LogP contribution in [0.3, 0.4) is 0 Å². The molecule has 0 bridgehead atoms. The highest BCUT2D eigenvalue weighted by Gasteiger charge is 2.14. The Kier molecular flexibility index (Phi) is 3.10. The molecule has 0 aliphatic carbocycles. The molecule has 0 spiro atoms. The van der Waals surface area contributed by atoms with E-state index >= 15 is 0 Å². The van der Waals surface area contributed by atoms with E-state index < -0.39 is 17.6 Å². The van der Waals surface area contributed by atoms with E-state index in [0.29, 0.717) is 11.1 Å². The van der Waals surface area contributed by atoms with Gasteiger partial charge in [-0.05, 0) is 42.3 Å². The fourth-order valence-electron chi connectivity index (χ4n) is 1.86. The number of carbonyl (C=O) groups is 1. The predicted molar refractivity (Wildman–Crippen MR) is 63.5 cm³/mol. The van der Waals surface area contributed by atoms with Crippen LogP contribution in [0.1, 0.15) is 15.9 Å². The summed E-state index contributed by atoms with van der Waals surface area (Å²) in [6.07, 6.45) is 0. The van der Waals surface area contributed by atoms with Crippen molar-refractivity contribution in [2.24, 2.45) is 0 Å². The molecule has 18 heavy (non-hydrogen) atoms. The average molecular weight is 248 g/mol. The summed E-state index contributed by atoms with van der Waals surface area (Å²) in [5, 5.41) is 8.99. The molecule has 2 aromatic rings. The normalized spacial score (nSPS) is 10.4. The quantitative estimate of drug-likeness (QED) is 0.880. The first-order chi connectivity index (χ1) is 8.50. The number of hydrogen-bond acceptors (Lipinski definition) is 1. The van der Waals surface area contributed by atoms with Crippen molar-refractivity contribution >= 4 is 5.97 Å². The average Bonchev–Trinajstić information content (AvgIpc) is 2.32. The number of hydrogen-bond donors (Lipinski definition) is 1. The maximum Gasteiger partial charge on any atom is 0.335 e. The van der Waals surface area contributed by atoms with Crippen LogP contribution in [-0.4, -0.2) is 11.1 Å². The van der Waals surface area contributed by atoms with Gasteiger partial charge in [0, 0.05) is 5.56 Å². The van der Waals surface area contributed by atoms with Gasteiger partial charge in [0.05, 0.1) is 5.56 Å². The van der Waals surface area contributed by atoms with Gasteiger partial charge in [-0.25, -0.2) is 13.6 Å². The molecular weight excluding hydrogens is 238 g/mol. The largest absolute Gasteiger partial charge is 0.478 e. The molecule has 2 nitrogen and oxygen atoms in total. The van der Waals surface area contributed by atoms with Crippen molar-refractivity contribution in [2.75, 3.05) is 0 Å². The molecule has 0 aliphatic rings. The first kappa shape index (κ1) is 12.2. The van der Waals surface area contributed by atoms with Gasteiger partial charge in [-0.1, -0.05) is 12.1 Å². The minimum Gasteiger partial charge on any atom is -0.478 e. The number of rotatable bonds is 2. The number of benzene rings is 2. The summed E-state index contributed by atoms with van der Waals surface area (Å²) >= 11 is 0. The zero-order valence-corrected chi connectivity index (χ0v) is 9.58. The Bertz CT molecular complexity index is 621. The number of carboxylic acids is 1. The molecule has 2 rings (SSSR count). The van der Waals surface area contributed by atoms with E-state index in [9.17, 15) is 13.6 Å². The minimum absolute atomic E-state index is 0.0654. The van der Waals surface area contributed by atoms with Gasteiger partial charge in [0.15, 0.2) is 0 Å². The molecule has 0 atom stereocenters. The van der Waals surface area contributed by atoms with Crippen LogP contribution in [0.4, 0.5) is 8.78 Å². The number of aromatic carboxylic acids is 1. The first-order valence-electron chi connectivity index (χ1n) is 5.29. The number of carboxylic acid groups (broad SMARTS) is 1. The van der Waals surface area contributed by atoms with Crippen molar-refractivity contribution in [3.63, 3.8) is 0 Å². The molecule has 0 heterocycles. The second kappa shape index (κ2) is 4.56. The van der Waals surface area contributed by atoms with E-state index in [1.807, 2.05) is 0 Å². The molecule has 2 aromatic carbocycles. The van der Waals surface area contributed by atoms with Gasteiger partial charge in [-0.3, -0.25) is 0 Å². The third-order valence-corrected chi connectivity index (χ3v) is 2.78. The van der Waals surface area contributed by atoms with E-state index in [1.54, 1.807) is 13.0 Å². The van der Waals surface area contributed by atoms with Gasteiger partial charge in [-0.2, -0.15) is 0 Å². The lowest BCUT2D eigenvalue weighted by Gasteiger charge is -2.09. The molecule has 0 fully saturated rings. The Morgan fingerprint density at radius 3 is 2.50 bits per heavy atom. The zero-order valence-electron chi connectivity index (χ0n) is 9.58. The van der Waals surface area contributed by atoms with Crippen LogP contribution in [0.2, 0.25) is 0 Å². The topological polar surface area (TPSA) is 37.3 Å². The lowest BCUT2D eigenvalue weighted by molar-refractivity contribution is 0.0696. The Balaban J connectivity index is 2.68. The molecule has 0 amide bonds. The van der Waals surface area contributed by atoms with Gasteiger partial charge in [0.2, 0.25) is 0 Å². The summed E-state index contributed by atoms with van der Waals surface area (Å²) in [5.41, 5.74) is 0.938. The first-order valence-corrected chi connectivity index (χ1v) is 5.29. The Morgan fingerprint density at radius 1 is 1.11 bits per heavy atom. The van der Waals surface area contributed by atoms with Crippen LogP contribution >= 0.6 is 0 Å². The summed E-state index contributed by atoms with van der Waals surface area (Å²) < 4.78 is 26.8. The molecule has 4 heteroatoms. The second-order valence-corrected chi connectivity index (χ2v) is 3.91. The van der Waals surface area contributed by atoms with Gasteiger partial charge >= 0.3 is 5.97 Å². The van der Waals surface area contributed by atoms with Crippen molar-refractivity contribution in [1.29, 1.82) is 0 Å². The molecule has 0 aliphatic heterocycles. The Hall–Kier alpha value is -2.23. The highest BCUT2D eigenvalue weighted by Crippen LogP contribution is 2.28. The fraction of sp³-hybridized carbons (Fsp3) is 0.0714. The molecule has 0 saturated heterocycles. The SMILES string of the molecule is Cc1c(C(=O)O)cccc1-c1cc(F)ccc1F. The third kappa shape index (κ3) is 2.09. The number of halogens is 2. The summed E-state index contributed by atoms with van der Waals surface area (Å²) in [6, 6.07) is 7.62. The van der Waals surface area contributed by atoms with E-state index in [-0.39, 0.29) is 11.1 Å². The maximum absolute atomic E-state index is 13.7.